The van der Waals surface area contributed by atoms with Crippen LogP contribution < -0.4 is 5.32 Å². The summed E-state index contributed by atoms with van der Waals surface area (Å²) in [7, 11) is 0. The summed E-state index contributed by atoms with van der Waals surface area (Å²) < 4.78 is 5.36. The number of nitrogens with zero attached hydrogens (tertiary/aromatic N) is 3. The van der Waals surface area contributed by atoms with Gasteiger partial charge in [0, 0.05) is 18.9 Å². The fourth-order valence-corrected chi connectivity index (χ4v) is 2.12. The van der Waals surface area contributed by atoms with Crippen LogP contribution in [-0.2, 0) is 13.0 Å². The zero-order chi connectivity index (χ0) is 12.5. The lowest BCUT2D eigenvalue weighted by atomic mass is 10.1. The summed E-state index contributed by atoms with van der Waals surface area (Å²) in [5, 5.41) is 7.43. The third kappa shape index (κ3) is 1.92. The van der Waals surface area contributed by atoms with Crippen LogP contribution in [0.3, 0.4) is 0 Å². The van der Waals surface area contributed by atoms with Gasteiger partial charge in [0.05, 0.1) is 23.8 Å². The van der Waals surface area contributed by atoms with E-state index in [4.69, 9.17) is 4.52 Å². The molecular weight excluding hydrogens is 230 g/mol. The van der Waals surface area contributed by atoms with Crippen LogP contribution in [0.4, 0.5) is 0 Å². The fourth-order valence-electron chi connectivity index (χ4n) is 2.12. The van der Waals surface area contributed by atoms with Gasteiger partial charge in [0.1, 0.15) is 0 Å². The van der Waals surface area contributed by atoms with E-state index in [1.54, 1.807) is 6.33 Å². The van der Waals surface area contributed by atoms with Crippen LogP contribution >= 0.6 is 0 Å². The summed E-state index contributed by atoms with van der Waals surface area (Å²) in [4.78, 5) is 11.9. The largest absolute Gasteiger partial charge is 0.347 e. The average Bonchev–Trinajstić information content (AvgIpc) is 3.05. The SMILES string of the molecule is CCC(C)c1noc(C2Cc3nc[nH]c3CN2)n1. The van der Waals surface area contributed by atoms with E-state index >= 15 is 0 Å². The van der Waals surface area contributed by atoms with Gasteiger partial charge in [0.2, 0.25) is 5.89 Å². The van der Waals surface area contributed by atoms with Gasteiger partial charge < -0.3 is 9.51 Å². The Morgan fingerprint density at radius 3 is 3.28 bits per heavy atom. The average molecular weight is 247 g/mol. The minimum atomic E-state index is 0.0751. The number of rotatable bonds is 3. The number of H-pyrrole nitrogens is 1. The van der Waals surface area contributed by atoms with Gasteiger partial charge in [-0.25, -0.2) is 4.98 Å². The number of imidazole rings is 1. The smallest absolute Gasteiger partial charge is 0.244 e. The summed E-state index contributed by atoms with van der Waals surface area (Å²) in [6.07, 6.45) is 3.54. The first-order valence-corrected chi connectivity index (χ1v) is 6.36. The molecule has 2 unspecified atom stereocenters. The van der Waals surface area contributed by atoms with Gasteiger partial charge in [-0.15, -0.1) is 0 Å². The molecule has 0 saturated heterocycles. The second-order valence-electron chi connectivity index (χ2n) is 4.77. The van der Waals surface area contributed by atoms with Gasteiger partial charge in [0.25, 0.3) is 0 Å². The molecule has 0 spiro atoms. The first-order valence-electron chi connectivity index (χ1n) is 6.36. The van der Waals surface area contributed by atoms with Crippen molar-refractivity contribution in [1.82, 2.24) is 25.4 Å². The van der Waals surface area contributed by atoms with Crippen LogP contribution in [0.25, 0.3) is 0 Å². The minimum absolute atomic E-state index is 0.0751. The Labute approximate surface area is 105 Å². The molecule has 6 heteroatoms. The van der Waals surface area contributed by atoms with E-state index < -0.39 is 0 Å². The quantitative estimate of drug-likeness (QED) is 0.862. The predicted octanol–water partition coefficient (Wildman–Crippen LogP) is 1.69. The Morgan fingerprint density at radius 1 is 1.56 bits per heavy atom. The standard InChI is InChI=1S/C12H17N5O/c1-3-7(2)11-16-12(18-17-11)9-4-8-10(5-13-9)15-6-14-8/h6-7,9,13H,3-5H2,1-2H3,(H,14,15). The third-order valence-electron chi connectivity index (χ3n) is 3.54. The lowest BCUT2D eigenvalue weighted by Crippen LogP contribution is -2.28. The van der Waals surface area contributed by atoms with Crippen LogP contribution in [0.5, 0.6) is 0 Å². The zero-order valence-electron chi connectivity index (χ0n) is 10.6. The topological polar surface area (TPSA) is 79.6 Å². The van der Waals surface area contributed by atoms with Crippen molar-refractivity contribution in [2.75, 3.05) is 0 Å². The molecule has 3 rings (SSSR count). The maximum atomic E-state index is 5.36. The first kappa shape index (κ1) is 11.4. The molecule has 0 fully saturated rings. The van der Waals surface area contributed by atoms with Crippen molar-refractivity contribution >= 4 is 0 Å². The lowest BCUT2D eigenvalue weighted by Gasteiger charge is -2.19. The summed E-state index contributed by atoms with van der Waals surface area (Å²) in [6.45, 7) is 4.99. The summed E-state index contributed by atoms with van der Waals surface area (Å²) in [5.41, 5.74) is 2.23. The number of aromatic amines is 1. The maximum Gasteiger partial charge on any atom is 0.244 e. The second kappa shape index (κ2) is 4.53. The number of fused-ring (bicyclic) bond motifs is 1. The van der Waals surface area contributed by atoms with Gasteiger partial charge >= 0.3 is 0 Å². The molecule has 2 aromatic rings. The van der Waals surface area contributed by atoms with Gasteiger partial charge in [-0.3, -0.25) is 5.32 Å². The van der Waals surface area contributed by atoms with Crippen molar-refractivity contribution in [2.45, 2.75) is 45.2 Å². The van der Waals surface area contributed by atoms with Gasteiger partial charge in [-0.2, -0.15) is 4.98 Å². The van der Waals surface area contributed by atoms with E-state index in [0.717, 1.165) is 36.6 Å². The molecule has 0 bridgehead atoms. The highest BCUT2D eigenvalue weighted by Gasteiger charge is 2.26. The molecule has 96 valence electrons. The molecule has 2 atom stereocenters. The number of aromatic nitrogens is 4. The molecule has 0 amide bonds. The maximum absolute atomic E-state index is 5.36. The van der Waals surface area contributed by atoms with Crippen molar-refractivity contribution in [3.63, 3.8) is 0 Å². The highest BCUT2D eigenvalue weighted by atomic mass is 16.5. The van der Waals surface area contributed by atoms with Crippen molar-refractivity contribution in [3.8, 4) is 0 Å². The van der Waals surface area contributed by atoms with Crippen LogP contribution in [0.15, 0.2) is 10.9 Å². The van der Waals surface area contributed by atoms with Crippen molar-refractivity contribution < 1.29 is 4.52 Å². The number of hydrogen-bond donors (Lipinski definition) is 2. The molecule has 0 radical (unpaired) electrons. The summed E-state index contributed by atoms with van der Waals surface area (Å²) in [6, 6.07) is 0.0751. The molecule has 1 aliphatic heterocycles. The molecule has 0 aliphatic carbocycles. The highest BCUT2D eigenvalue weighted by Crippen LogP contribution is 2.24. The third-order valence-corrected chi connectivity index (χ3v) is 3.54. The van der Waals surface area contributed by atoms with Crippen molar-refractivity contribution in [2.24, 2.45) is 0 Å². The summed E-state index contributed by atoms with van der Waals surface area (Å²) >= 11 is 0. The van der Waals surface area contributed by atoms with E-state index in [-0.39, 0.29) is 6.04 Å². The molecule has 2 N–H and O–H groups in total. The molecule has 3 heterocycles. The van der Waals surface area contributed by atoms with Gasteiger partial charge in [-0.1, -0.05) is 19.0 Å². The van der Waals surface area contributed by atoms with E-state index in [1.807, 2.05) is 0 Å². The van der Waals surface area contributed by atoms with Crippen molar-refractivity contribution in [1.29, 1.82) is 0 Å². The lowest BCUT2D eigenvalue weighted by molar-refractivity contribution is 0.316. The summed E-state index contributed by atoms with van der Waals surface area (Å²) in [5.74, 6) is 1.80. The first-order chi connectivity index (χ1) is 8.78. The van der Waals surface area contributed by atoms with Crippen LogP contribution in [-0.4, -0.2) is 20.1 Å². The Kier molecular flexibility index (Phi) is 2.87. The molecule has 18 heavy (non-hydrogen) atoms. The molecule has 1 aliphatic rings. The Bertz CT molecular complexity index is 532. The molecule has 2 aromatic heterocycles. The Balaban J connectivity index is 1.78. The van der Waals surface area contributed by atoms with E-state index in [1.165, 1.54) is 0 Å². The fraction of sp³-hybridized carbons (Fsp3) is 0.583. The van der Waals surface area contributed by atoms with E-state index in [9.17, 15) is 0 Å². The second-order valence-corrected chi connectivity index (χ2v) is 4.77. The van der Waals surface area contributed by atoms with Crippen molar-refractivity contribution in [3.05, 3.63) is 29.4 Å². The number of hydrogen-bond acceptors (Lipinski definition) is 5. The van der Waals surface area contributed by atoms with Crippen LogP contribution in [0, 0.1) is 0 Å². The normalized spacial score (nSPS) is 20.7. The van der Waals surface area contributed by atoms with Gasteiger partial charge in [0.15, 0.2) is 5.82 Å². The predicted molar refractivity (Wildman–Crippen MR) is 64.9 cm³/mol. The molecule has 0 saturated carbocycles. The molecule has 0 aromatic carbocycles. The minimum Gasteiger partial charge on any atom is -0.347 e. The molecule has 6 nitrogen and oxygen atoms in total. The van der Waals surface area contributed by atoms with E-state index in [0.29, 0.717) is 11.8 Å². The Hall–Kier alpha value is -1.69. The number of nitrogens with one attached hydrogen (secondary N) is 2. The monoisotopic (exact) mass is 247 g/mol. The van der Waals surface area contributed by atoms with Crippen LogP contribution in [0.1, 0.15) is 55.3 Å². The zero-order valence-corrected chi connectivity index (χ0v) is 10.6. The Morgan fingerprint density at radius 2 is 2.44 bits per heavy atom. The van der Waals surface area contributed by atoms with Crippen LogP contribution in [0.2, 0.25) is 0 Å². The highest BCUT2D eigenvalue weighted by molar-refractivity contribution is 5.17. The van der Waals surface area contributed by atoms with Gasteiger partial charge in [-0.05, 0) is 6.42 Å². The molecular formula is C12H17N5O. The van der Waals surface area contributed by atoms with E-state index in [2.05, 4.69) is 39.3 Å².